The summed E-state index contributed by atoms with van der Waals surface area (Å²) in [5.41, 5.74) is 5.26. The van der Waals surface area contributed by atoms with Crippen molar-refractivity contribution in [3.63, 3.8) is 0 Å². The first-order chi connectivity index (χ1) is 22.1. The van der Waals surface area contributed by atoms with Crippen molar-refractivity contribution < 1.29 is 26.3 Å². The molecule has 2 heterocycles. The topological polar surface area (TPSA) is 9.86 Å². The zero-order valence-corrected chi connectivity index (χ0v) is 23.9. The van der Waals surface area contributed by atoms with Crippen molar-refractivity contribution in [2.75, 3.05) is 0 Å². The monoisotopic (exact) mass is 620 g/mol. The molecule has 8 rings (SSSR count). The summed E-state index contributed by atoms with van der Waals surface area (Å²) < 4.78 is 83.5. The molecule has 0 saturated heterocycles. The fourth-order valence-electron chi connectivity index (χ4n) is 6.46. The van der Waals surface area contributed by atoms with Gasteiger partial charge in [-0.15, -0.1) is 0 Å². The highest BCUT2D eigenvalue weighted by molar-refractivity contribution is 6.12. The van der Waals surface area contributed by atoms with Gasteiger partial charge in [0.05, 0.1) is 33.2 Å². The maximum absolute atomic E-state index is 13.3. The normalized spacial score (nSPS) is 12.6. The first-order valence-corrected chi connectivity index (χ1v) is 14.5. The summed E-state index contributed by atoms with van der Waals surface area (Å²) in [4.78, 5) is 0. The summed E-state index contributed by atoms with van der Waals surface area (Å²) in [6.45, 7) is 0. The van der Waals surface area contributed by atoms with E-state index in [1.54, 1.807) is 0 Å². The van der Waals surface area contributed by atoms with Gasteiger partial charge < -0.3 is 9.13 Å². The molecule has 0 unspecified atom stereocenters. The van der Waals surface area contributed by atoms with Crippen LogP contribution in [0.25, 0.3) is 66.1 Å². The van der Waals surface area contributed by atoms with E-state index >= 15 is 0 Å². The quantitative estimate of drug-likeness (QED) is 0.174. The maximum Gasteiger partial charge on any atom is 0.416 e. The van der Waals surface area contributed by atoms with Gasteiger partial charge in [-0.3, -0.25) is 0 Å². The van der Waals surface area contributed by atoms with Crippen molar-refractivity contribution in [3.05, 3.63) is 145 Å². The Labute approximate surface area is 258 Å². The van der Waals surface area contributed by atoms with E-state index in [-0.39, 0.29) is 0 Å². The smallest absolute Gasteiger partial charge is 0.309 e. The molecule has 0 atom stereocenters. The minimum Gasteiger partial charge on any atom is -0.309 e. The Bertz CT molecular complexity index is 2250. The Balaban J connectivity index is 1.27. The molecule has 8 heteroatoms. The molecule has 226 valence electrons. The summed E-state index contributed by atoms with van der Waals surface area (Å²) in [6.07, 6.45) is -8.83. The molecule has 0 bridgehead atoms. The second kappa shape index (κ2) is 10.0. The van der Waals surface area contributed by atoms with E-state index < -0.39 is 23.5 Å². The fourth-order valence-corrected chi connectivity index (χ4v) is 6.46. The predicted octanol–water partition coefficient (Wildman–Crippen LogP) is 11.6. The van der Waals surface area contributed by atoms with Crippen LogP contribution in [0, 0.1) is 0 Å². The van der Waals surface area contributed by atoms with Crippen LogP contribution in [0.3, 0.4) is 0 Å². The third kappa shape index (κ3) is 4.43. The van der Waals surface area contributed by atoms with Crippen molar-refractivity contribution >= 4 is 43.6 Å². The Kier molecular flexibility index (Phi) is 6.09. The van der Waals surface area contributed by atoms with E-state index in [1.165, 1.54) is 24.3 Å². The highest BCUT2D eigenvalue weighted by Gasteiger charge is 2.31. The predicted molar refractivity (Wildman–Crippen MR) is 171 cm³/mol. The van der Waals surface area contributed by atoms with E-state index in [4.69, 9.17) is 0 Å². The lowest BCUT2D eigenvalue weighted by molar-refractivity contribution is -0.138. The molecule has 6 aromatic carbocycles. The van der Waals surface area contributed by atoms with Crippen LogP contribution in [0.1, 0.15) is 11.1 Å². The Morgan fingerprint density at radius 3 is 1.07 bits per heavy atom. The molecule has 46 heavy (non-hydrogen) atoms. The molecule has 0 amide bonds. The second-order valence-electron chi connectivity index (χ2n) is 11.3. The zero-order valence-electron chi connectivity index (χ0n) is 23.9. The van der Waals surface area contributed by atoms with E-state index in [0.29, 0.717) is 11.4 Å². The number of hydrogen-bond donors (Lipinski definition) is 0. The number of halogens is 6. The van der Waals surface area contributed by atoms with E-state index in [2.05, 4.69) is 12.1 Å². The molecular weight excluding hydrogens is 598 g/mol. The molecule has 2 aromatic heterocycles. The van der Waals surface area contributed by atoms with Gasteiger partial charge in [0.15, 0.2) is 0 Å². The number of nitrogens with zero attached hydrogens (tertiary/aromatic N) is 2. The number of aromatic nitrogens is 2. The molecule has 8 aromatic rings. The van der Waals surface area contributed by atoms with Gasteiger partial charge in [0.1, 0.15) is 0 Å². The standard InChI is InChI=1S/C38H22F6N2/c39-37(40,41)25-11-15-27(16-12-25)45-33-7-3-1-5-29(33)31-21-23(9-19-35(31)45)24-10-20-36-32(22-24)30-6-2-4-8-34(30)46(36)28-17-13-26(14-18-28)38(42,43)44/h1-22H. The molecular formula is C38H22F6N2. The molecule has 0 saturated carbocycles. The SMILES string of the molecule is FC(F)(F)c1ccc(-n2c3ccccc3c3cc(-c4ccc5c(c4)c4ccccc4n5-c4ccc(C(F)(F)F)cc4)ccc32)cc1. The van der Waals surface area contributed by atoms with Gasteiger partial charge in [-0.25, -0.2) is 0 Å². The van der Waals surface area contributed by atoms with Crippen LogP contribution in [0.5, 0.6) is 0 Å². The van der Waals surface area contributed by atoms with E-state index in [9.17, 15) is 26.3 Å². The number of alkyl halides is 6. The summed E-state index contributed by atoms with van der Waals surface area (Å²) >= 11 is 0. The Morgan fingerprint density at radius 2 is 0.696 bits per heavy atom. The second-order valence-corrected chi connectivity index (χ2v) is 11.3. The van der Waals surface area contributed by atoms with Crippen molar-refractivity contribution in [1.29, 1.82) is 0 Å². The molecule has 0 N–H and O–H groups in total. The van der Waals surface area contributed by atoms with Gasteiger partial charge >= 0.3 is 12.4 Å². The molecule has 0 aliphatic heterocycles. The summed E-state index contributed by atoms with van der Waals surface area (Å²) in [7, 11) is 0. The van der Waals surface area contributed by atoms with Gasteiger partial charge in [-0.05, 0) is 96.1 Å². The lowest BCUT2D eigenvalue weighted by Crippen LogP contribution is -2.05. The summed E-state index contributed by atoms with van der Waals surface area (Å²) in [5, 5.41) is 3.86. The average molecular weight is 621 g/mol. The van der Waals surface area contributed by atoms with Gasteiger partial charge in [-0.2, -0.15) is 26.3 Å². The lowest BCUT2D eigenvalue weighted by atomic mass is 10.0. The van der Waals surface area contributed by atoms with Gasteiger partial charge in [0.25, 0.3) is 0 Å². The van der Waals surface area contributed by atoms with Crippen LogP contribution < -0.4 is 0 Å². The Hall–Kier alpha value is -5.50. The number of hydrogen-bond acceptors (Lipinski definition) is 0. The highest BCUT2D eigenvalue weighted by atomic mass is 19.4. The first kappa shape index (κ1) is 28.0. The Morgan fingerprint density at radius 1 is 0.348 bits per heavy atom. The van der Waals surface area contributed by atoms with Crippen LogP contribution in [0.2, 0.25) is 0 Å². The summed E-state index contributed by atoms with van der Waals surface area (Å²) in [6, 6.07) is 38.1. The molecule has 2 nitrogen and oxygen atoms in total. The van der Waals surface area contributed by atoms with Gasteiger partial charge in [0, 0.05) is 32.9 Å². The van der Waals surface area contributed by atoms with Crippen LogP contribution in [-0.2, 0) is 12.4 Å². The number of rotatable bonds is 3. The minimum absolute atomic E-state index is 0.629. The largest absolute Gasteiger partial charge is 0.416 e. The molecule has 0 aliphatic rings. The van der Waals surface area contributed by atoms with Crippen molar-refractivity contribution in [2.24, 2.45) is 0 Å². The summed E-state index contributed by atoms with van der Waals surface area (Å²) in [5.74, 6) is 0. The molecule has 0 aliphatic carbocycles. The minimum atomic E-state index is -4.42. The zero-order chi connectivity index (χ0) is 31.8. The van der Waals surface area contributed by atoms with Crippen molar-refractivity contribution in [1.82, 2.24) is 9.13 Å². The number of fused-ring (bicyclic) bond motifs is 6. The van der Waals surface area contributed by atoms with Crippen LogP contribution in [-0.4, -0.2) is 9.13 Å². The molecule has 0 radical (unpaired) electrons. The van der Waals surface area contributed by atoms with Crippen LogP contribution in [0.15, 0.2) is 133 Å². The van der Waals surface area contributed by atoms with Crippen LogP contribution in [0.4, 0.5) is 26.3 Å². The highest BCUT2D eigenvalue weighted by Crippen LogP contribution is 2.39. The van der Waals surface area contributed by atoms with Gasteiger partial charge in [0.2, 0.25) is 0 Å². The molecule has 0 spiro atoms. The van der Waals surface area contributed by atoms with Crippen molar-refractivity contribution in [2.45, 2.75) is 12.4 Å². The average Bonchev–Trinajstić information content (AvgIpc) is 3.56. The third-order valence-corrected chi connectivity index (χ3v) is 8.58. The number of para-hydroxylation sites is 2. The lowest BCUT2D eigenvalue weighted by Gasteiger charge is -2.11. The fraction of sp³-hybridized carbons (Fsp3) is 0.0526. The maximum atomic E-state index is 13.3. The molecule has 0 fully saturated rings. The first-order valence-electron chi connectivity index (χ1n) is 14.5. The van der Waals surface area contributed by atoms with Crippen molar-refractivity contribution in [3.8, 4) is 22.5 Å². The van der Waals surface area contributed by atoms with E-state index in [1.807, 2.05) is 81.9 Å². The third-order valence-electron chi connectivity index (χ3n) is 8.58. The van der Waals surface area contributed by atoms with Gasteiger partial charge in [-0.1, -0.05) is 48.5 Å². The number of benzene rings is 6. The van der Waals surface area contributed by atoms with Crippen LogP contribution >= 0.6 is 0 Å². The van der Waals surface area contributed by atoms with E-state index in [0.717, 1.165) is 79.0 Å².